The van der Waals surface area contributed by atoms with Gasteiger partial charge in [-0.15, -0.1) is 0 Å². The number of aliphatic carboxylic acids is 2. The van der Waals surface area contributed by atoms with Crippen LogP contribution in [0.5, 0.6) is 0 Å². The topological polar surface area (TPSA) is 165 Å². The number of aliphatic hydroxyl groups is 1. The first kappa shape index (κ1) is 17.9. The van der Waals surface area contributed by atoms with Gasteiger partial charge in [0.15, 0.2) is 0 Å². The van der Waals surface area contributed by atoms with Crippen LogP contribution in [0.3, 0.4) is 0 Å². The molecule has 0 aromatic carbocycles. The van der Waals surface area contributed by atoms with Gasteiger partial charge in [-0.05, 0) is 19.4 Å². The highest BCUT2D eigenvalue weighted by Gasteiger charge is 2.30. The zero-order valence-electron chi connectivity index (χ0n) is 11.7. The second kappa shape index (κ2) is 8.29. The molecule has 0 bridgehead atoms. The van der Waals surface area contributed by atoms with Crippen LogP contribution in [0.15, 0.2) is 0 Å². The summed E-state index contributed by atoms with van der Waals surface area (Å²) in [6.07, 6.45) is 0.670. The number of carboxylic acids is 2. The molecule has 1 heterocycles. The van der Waals surface area contributed by atoms with E-state index in [0.29, 0.717) is 13.0 Å². The molecule has 10 heteroatoms. The van der Waals surface area contributed by atoms with Crippen molar-refractivity contribution < 1.29 is 34.5 Å². The lowest BCUT2D eigenvalue weighted by Crippen LogP contribution is -2.55. The van der Waals surface area contributed by atoms with Crippen LogP contribution in [0, 0.1) is 0 Å². The molecule has 1 saturated heterocycles. The van der Waals surface area contributed by atoms with Crippen molar-refractivity contribution in [2.45, 2.75) is 37.4 Å². The Morgan fingerprint density at radius 3 is 2.27 bits per heavy atom. The Morgan fingerprint density at radius 1 is 1.14 bits per heavy atom. The van der Waals surface area contributed by atoms with Gasteiger partial charge in [0.25, 0.3) is 0 Å². The third kappa shape index (κ3) is 5.30. The number of hydrogen-bond donors (Lipinski definition) is 6. The summed E-state index contributed by atoms with van der Waals surface area (Å²) in [5, 5.41) is 33.6. The van der Waals surface area contributed by atoms with Crippen molar-refractivity contribution >= 4 is 23.8 Å². The van der Waals surface area contributed by atoms with Crippen molar-refractivity contribution in [2.75, 3.05) is 13.2 Å². The Morgan fingerprint density at radius 2 is 1.82 bits per heavy atom. The summed E-state index contributed by atoms with van der Waals surface area (Å²) in [4.78, 5) is 45.4. The standard InChI is InChI=1S/C12H19N3O7/c16-5-8(12(21)22)15-11(20)7(4-9(17)18)14-10(19)6-2-1-3-13-6/h6-8,13,16H,1-5H2,(H,14,19)(H,15,20)(H,17,18)(H,21,22)/t6-,7-,8-/m0/s1. The molecule has 0 saturated carbocycles. The van der Waals surface area contributed by atoms with Crippen LogP contribution < -0.4 is 16.0 Å². The number of carboxylic acid groups (broad SMARTS) is 2. The van der Waals surface area contributed by atoms with E-state index in [1.165, 1.54) is 0 Å². The largest absolute Gasteiger partial charge is 0.481 e. The summed E-state index contributed by atoms with van der Waals surface area (Å²) in [6, 6.07) is -3.48. The van der Waals surface area contributed by atoms with Gasteiger partial charge >= 0.3 is 11.9 Å². The number of nitrogens with one attached hydrogen (secondary N) is 3. The Kier molecular flexibility index (Phi) is 6.73. The van der Waals surface area contributed by atoms with Crippen molar-refractivity contribution in [2.24, 2.45) is 0 Å². The van der Waals surface area contributed by atoms with Crippen molar-refractivity contribution in [1.82, 2.24) is 16.0 Å². The smallest absolute Gasteiger partial charge is 0.328 e. The summed E-state index contributed by atoms with van der Waals surface area (Å²) in [5.41, 5.74) is 0. The Hall–Kier alpha value is -2.20. The Bertz CT molecular complexity index is 448. The fourth-order valence-electron chi connectivity index (χ4n) is 2.02. The molecule has 0 unspecified atom stereocenters. The van der Waals surface area contributed by atoms with Crippen LogP contribution in [0.4, 0.5) is 0 Å². The minimum atomic E-state index is -1.56. The second-order valence-electron chi connectivity index (χ2n) is 4.89. The summed E-state index contributed by atoms with van der Waals surface area (Å²) >= 11 is 0. The van der Waals surface area contributed by atoms with Crippen LogP contribution in [0.2, 0.25) is 0 Å². The van der Waals surface area contributed by atoms with Gasteiger partial charge in [-0.25, -0.2) is 4.79 Å². The predicted octanol–water partition coefficient (Wildman–Crippen LogP) is -2.74. The maximum absolute atomic E-state index is 11.9. The average Bonchev–Trinajstić information content (AvgIpc) is 2.96. The summed E-state index contributed by atoms with van der Waals surface area (Å²) in [6.45, 7) is -0.196. The molecule has 1 fully saturated rings. The molecule has 0 spiro atoms. The zero-order valence-corrected chi connectivity index (χ0v) is 11.7. The van der Waals surface area contributed by atoms with Crippen LogP contribution in [-0.4, -0.2) is 70.3 Å². The van der Waals surface area contributed by atoms with Crippen molar-refractivity contribution in [3.63, 3.8) is 0 Å². The first-order chi connectivity index (χ1) is 10.3. The molecule has 3 atom stereocenters. The first-order valence-electron chi connectivity index (χ1n) is 6.74. The molecule has 1 aliphatic heterocycles. The lowest BCUT2D eigenvalue weighted by Gasteiger charge is -2.21. The highest BCUT2D eigenvalue weighted by atomic mass is 16.4. The number of rotatable bonds is 8. The molecule has 22 heavy (non-hydrogen) atoms. The molecular weight excluding hydrogens is 298 g/mol. The van der Waals surface area contributed by atoms with Crippen molar-refractivity contribution in [3.05, 3.63) is 0 Å². The van der Waals surface area contributed by atoms with Crippen molar-refractivity contribution in [1.29, 1.82) is 0 Å². The molecule has 0 aliphatic carbocycles. The maximum atomic E-state index is 11.9. The molecule has 1 rings (SSSR count). The monoisotopic (exact) mass is 317 g/mol. The Labute approximate surface area is 125 Å². The quantitative estimate of drug-likeness (QED) is 0.280. The van der Waals surface area contributed by atoms with E-state index in [-0.39, 0.29) is 0 Å². The Balaban J connectivity index is 2.69. The molecule has 0 aromatic rings. The lowest BCUT2D eigenvalue weighted by atomic mass is 10.1. The molecule has 1 aliphatic rings. The third-order valence-corrected chi connectivity index (χ3v) is 3.19. The molecule has 0 aromatic heterocycles. The van der Waals surface area contributed by atoms with Gasteiger partial charge < -0.3 is 31.3 Å². The van der Waals surface area contributed by atoms with E-state index in [4.69, 9.17) is 15.3 Å². The molecule has 6 N–H and O–H groups in total. The normalized spacial score (nSPS) is 20.0. The molecular formula is C12H19N3O7. The van der Waals surface area contributed by atoms with Crippen LogP contribution in [0.1, 0.15) is 19.3 Å². The van der Waals surface area contributed by atoms with Gasteiger partial charge in [-0.1, -0.05) is 0 Å². The number of aliphatic hydroxyl groups excluding tert-OH is 1. The van der Waals surface area contributed by atoms with E-state index < -0.39 is 54.9 Å². The van der Waals surface area contributed by atoms with Crippen LogP contribution in [0.25, 0.3) is 0 Å². The van der Waals surface area contributed by atoms with Crippen LogP contribution in [-0.2, 0) is 19.2 Å². The zero-order chi connectivity index (χ0) is 16.7. The van der Waals surface area contributed by atoms with E-state index in [2.05, 4.69) is 10.6 Å². The molecule has 0 radical (unpaired) electrons. The van der Waals surface area contributed by atoms with Gasteiger partial charge in [-0.2, -0.15) is 0 Å². The van der Waals surface area contributed by atoms with Gasteiger partial charge in [-0.3, -0.25) is 14.4 Å². The molecule has 2 amide bonds. The summed E-state index contributed by atoms with van der Waals surface area (Å²) in [5.74, 6) is -4.28. The van der Waals surface area contributed by atoms with Gasteiger partial charge in [0.05, 0.1) is 19.1 Å². The minimum absolute atomic E-state index is 0.503. The minimum Gasteiger partial charge on any atom is -0.481 e. The predicted molar refractivity (Wildman–Crippen MR) is 71.9 cm³/mol. The van der Waals surface area contributed by atoms with Gasteiger partial charge in [0.2, 0.25) is 11.8 Å². The lowest BCUT2D eigenvalue weighted by molar-refractivity contribution is -0.144. The average molecular weight is 317 g/mol. The van der Waals surface area contributed by atoms with E-state index in [1.807, 2.05) is 5.32 Å². The molecule has 124 valence electrons. The van der Waals surface area contributed by atoms with E-state index >= 15 is 0 Å². The molecule has 10 nitrogen and oxygen atoms in total. The number of carbonyl (C=O) groups is 4. The SMILES string of the molecule is O=C(O)C[C@H](NC(=O)[C@@H]1CCCN1)C(=O)N[C@@H](CO)C(=O)O. The van der Waals surface area contributed by atoms with E-state index in [9.17, 15) is 19.2 Å². The fourth-order valence-corrected chi connectivity index (χ4v) is 2.02. The fraction of sp³-hybridized carbons (Fsp3) is 0.667. The number of hydrogen-bond acceptors (Lipinski definition) is 6. The highest BCUT2D eigenvalue weighted by Crippen LogP contribution is 2.06. The van der Waals surface area contributed by atoms with Crippen LogP contribution >= 0.6 is 0 Å². The third-order valence-electron chi connectivity index (χ3n) is 3.19. The first-order valence-corrected chi connectivity index (χ1v) is 6.74. The summed E-state index contributed by atoms with van der Waals surface area (Å²) < 4.78 is 0. The summed E-state index contributed by atoms with van der Waals surface area (Å²) in [7, 11) is 0. The number of amides is 2. The van der Waals surface area contributed by atoms with Crippen molar-refractivity contribution in [3.8, 4) is 0 Å². The van der Waals surface area contributed by atoms with Gasteiger partial charge in [0.1, 0.15) is 12.1 Å². The van der Waals surface area contributed by atoms with Gasteiger partial charge in [0, 0.05) is 0 Å². The highest BCUT2D eigenvalue weighted by molar-refractivity contribution is 5.94. The second-order valence-corrected chi connectivity index (χ2v) is 4.89. The number of carbonyl (C=O) groups excluding carboxylic acids is 2. The maximum Gasteiger partial charge on any atom is 0.328 e. The van der Waals surface area contributed by atoms with E-state index in [0.717, 1.165) is 6.42 Å². The van der Waals surface area contributed by atoms with E-state index in [1.54, 1.807) is 0 Å².